The molecule has 0 aromatic heterocycles. The second-order valence-electron chi connectivity index (χ2n) is 5.03. The molecule has 3 N–H and O–H groups in total. The summed E-state index contributed by atoms with van der Waals surface area (Å²) in [6, 6.07) is -1.39. The molecule has 3 atom stereocenters. The zero-order valence-electron chi connectivity index (χ0n) is 11.4. The van der Waals surface area contributed by atoms with Gasteiger partial charge in [-0.3, -0.25) is 4.79 Å². The lowest BCUT2D eigenvalue weighted by molar-refractivity contribution is -0.145. The average molecular weight is 308 g/mol. The molecule has 20 heavy (non-hydrogen) atoms. The minimum absolute atomic E-state index is 0.0385. The normalized spacial score (nSPS) is 23.9. The fourth-order valence-electron chi connectivity index (χ4n) is 2.12. The number of hydrogen-bond donors (Lipinski definition) is 3. The minimum Gasteiger partial charge on any atom is -0.480 e. The van der Waals surface area contributed by atoms with E-state index >= 15 is 0 Å². The largest absolute Gasteiger partial charge is 0.480 e. The Morgan fingerprint density at radius 3 is 2.45 bits per heavy atom. The van der Waals surface area contributed by atoms with Crippen molar-refractivity contribution < 1.29 is 28.2 Å². The van der Waals surface area contributed by atoms with E-state index in [1.807, 2.05) is 0 Å². The van der Waals surface area contributed by atoms with E-state index in [2.05, 4.69) is 5.32 Å². The molecular formula is C11H20N2O6S. The summed E-state index contributed by atoms with van der Waals surface area (Å²) in [5.41, 5.74) is 0. The summed E-state index contributed by atoms with van der Waals surface area (Å²) < 4.78 is 24.1. The van der Waals surface area contributed by atoms with E-state index in [0.29, 0.717) is 19.4 Å². The zero-order valence-corrected chi connectivity index (χ0v) is 12.3. The van der Waals surface area contributed by atoms with Gasteiger partial charge in [0.25, 0.3) is 0 Å². The predicted molar refractivity (Wildman–Crippen MR) is 70.4 cm³/mol. The van der Waals surface area contributed by atoms with Crippen LogP contribution in [-0.2, 0) is 19.6 Å². The molecular weight excluding hydrogens is 288 g/mol. The molecule has 8 nitrogen and oxygen atoms in total. The van der Waals surface area contributed by atoms with Crippen LogP contribution in [0.2, 0.25) is 0 Å². The Bertz CT molecular complexity index is 475. The number of aliphatic hydroxyl groups excluding tert-OH is 1. The fourth-order valence-corrected chi connectivity index (χ4v) is 3.03. The maximum Gasteiger partial charge on any atom is 0.328 e. The molecule has 0 aromatic carbocycles. The summed E-state index contributed by atoms with van der Waals surface area (Å²) in [6.45, 7) is 1.67. The Kier molecular flexibility index (Phi) is 5.49. The summed E-state index contributed by atoms with van der Waals surface area (Å²) in [5, 5.41) is 20.4. The molecule has 116 valence electrons. The van der Waals surface area contributed by atoms with Crippen LogP contribution in [0.4, 0.5) is 0 Å². The molecule has 1 saturated heterocycles. The first-order chi connectivity index (χ1) is 9.12. The number of carboxylic acid groups (broad SMARTS) is 1. The van der Waals surface area contributed by atoms with Gasteiger partial charge in [-0.25, -0.2) is 17.5 Å². The maximum atomic E-state index is 12.0. The van der Waals surface area contributed by atoms with Gasteiger partial charge in [-0.1, -0.05) is 0 Å². The van der Waals surface area contributed by atoms with Crippen molar-refractivity contribution in [3.05, 3.63) is 0 Å². The van der Waals surface area contributed by atoms with Crippen molar-refractivity contribution in [1.29, 1.82) is 0 Å². The van der Waals surface area contributed by atoms with Gasteiger partial charge in [0.15, 0.2) is 6.04 Å². The molecule has 0 saturated carbocycles. The van der Waals surface area contributed by atoms with Crippen molar-refractivity contribution in [2.45, 2.75) is 31.9 Å². The Morgan fingerprint density at radius 2 is 2.00 bits per heavy atom. The molecule has 1 aliphatic rings. The molecule has 1 fully saturated rings. The lowest BCUT2D eigenvalue weighted by atomic mass is 9.98. The predicted octanol–water partition coefficient (Wildman–Crippen LogP) is -1.39. The number of nitrogens with zero attached hydrogens (tertiary/aromatic N) is 1. The molecule has 1 aliphatic heterocycles. The third kappa shape index (κ3) is 4.43. The van der Waals surface area contributed by atoms with Crippen LogP contribution in [-0.4, -0.2) is 66.3 Å². The maximum absolute atomic E-state index is 12.0. The van der Waals surface area contributed by atoms with Gasteiger partial charge in [0.2, 0.25) is 15.9 Å². The Morgan fingerprint density at radius 1 is 1.40 bits per heavy atom. The van der Waals surface area contributed by atoms with Gasteiger partial charge in [-0.05, 0) is 19.8 Å². The highest BCUT2D eigenvalue weighted by atomic mass is 32.2. The topological polar surface area (TPSA) is 124 Å². The quantitative estimate of drug-likeness (QED) is 0.574. The Labute approximate surface area is 117 Å². The van der Waals surface area contributed by atoms with Crippen molar-refractivity contribution in [2.24, 2.45) is 5.92 Å². The standard InChI is InChI=1S/C11H20N2O6S/c1-7(14)9(11(16)17)12-10(15)8-4-3-5-13(6-8)20(2,18)19/h7-9,14H,3-6H2,1-2H3,(H,12,15)(H,16,17)/t7-,8?,9+/m1/s1. The highest BCUT2D eigenvalue weighted by Crippen LogP contribution is 2.19. The number of nitrogens with one attached hydrogen (secondary N) is 1. The number of sulfonamides is 1. The molecule has 9 heteroatoms. The first-order valence-electron chi connectivity index (χ1n) is 6.29. The second kappa shape index (κ2) is 6.51. The molecule has 0 aliphatic carbocycles. The van der Waals surface area contributed by atoms with Gasteiger partial charge in [0.1, 0.15) is 0 Å². The van der Waals surface area contributed by atoms with Crippen molar-refractivity contribution in [1.82, 2.24) is 9.62 Å². The lowest BCUT2D eigenvalue weighted by Gasteiger charge is -2.31. The number of hydrogen-bond acceptors (Lipinski definition) is 5. The van der Waals surface area contributed by atoms with E-state index in [4.69, 9.17) is 5.11 Å². The van der Waals surface area contributed by atoms with Crippen LogP contribution in [0.25, 0.3) is 0 Å². The highest BCUT2D eigenvalue weighted by molar-refractivity contribution is 7.88. The second-order valence-corrected chi connectivity index (χ2v) is 7.01. The Hall–Kier alpha value is -1.19. The fraction of sp³-hybridized carbons (Fsp3) is 0.818. The number of piperidine rings is 1. The molecule has 1 amide bonds. The SMILES string of the molecule is C[C@@H](O)[C@H](NC(=O)C1CCCN(S(C)(=O)=O)C1)C(=O)O. The van der Waals surface area contributed by atoms with Crippen LogP contribution >= 0.6 is 0 Å². The molecule has 0 radical (unpaired) electrons. The minimum atomic E-state index is -3.37. The summed E-state index contributed by atoms with van der Waals surface area (Å²) in [4.78, 5) is 22.9. The van der Waals surface area contributed by atoms with Gasteiger partial charge < -0.3 is 15.5 Å². The highest BCUT2D eigenvalue weighted by Gasteiger charge is 2.33. The van der Waals surface area contributed by atoms with E-state index in [0.717, 1.165) is 6.26 Å². The van der Waals surface area contributed by atoms with Gasteiger partial charge in [0, 0.05) is 13.1 Å². The smallest absolute Gasteiger partial charge is 0.328 e. The van der Waals surface area contributed by atoms with Crippen LogP contribution in [0, 0.1) is 5.92 Å². The molecule has 1 unspecified atom stereocenters. The number of amides is 1. The van der Waals surface area contributed by atoms with Crippen LogP contribution in [0.15, 0.2) is 0 Å². The van der Waals surface area contributed by atoms with Gasteiger partial charge in [-0.2, -0.15) is 0 Å². The summed E-state index contributed by atoms with van der Waals surface area (Å²) in [7, 11) is -3.37. The lowest BCUT2D eigenvalue weighted by Crippen LogP contribution is -2.52. The Balaban J connectivity index is 2.70. The van der Waals surface area contributed by atoms with Crippen molar-refractivity contribution >= 4 is 21.9 Å². The number of aliphatic carboxylic acids is 1. The van der Waals surface area contributed by atoms with Crippen molar-refractivity contribution in [2.75, 3.05) is 19.3 Å². The third-order valence-electron chi connectivity index (χ3n) is 3.27. The molecule has 0 spiro atoms. The van der Waals surface area contributed by atoms with Crippen LogP contribution in [0.5, 0.6) is 0 Å². The number of carbonyl (C=O) groups excluding carboxylic acids is 1. The van der Waals surface area contributed by atoms with E-state index in [1.54, 1.807) is 0 Å². The zero-order chi connectivity index (χ0) is 15.5. The van der Waals surface area contributed by atoms with Crippen LogP contribution in [0.3, 0.4) is 0 Å². The monoisotopic (exact) mass is 308 g/mol. The number of rotatable bonds is 5. The number of carbonyl (C=O) groups is 2. The number of aliphatic hydroxyl groups is 1. The number of carboxylic acids is 1. The third-order valence-corrected chi connectivity index (χ3v) is 4.54. The van der Waals surface area contributed by atoms with E-state index < -0.39 is 40.0 Å². The molecule has 0 aromatic rings. The van der Waals surface area contributed by atoms with Crippen LogP contribution in [0.1, 0.15) is 19.8 Å². The van der Waals surface area contributed by atoms with Crippen LogP contribution < -0.4 is 5.32 Å². The van der Waals surface area contributed by atoms with Crippen molar-refractivity contribution in [3.63, 3.8) is 0 Å². The van der Waals surface area contributed by atoms with Gasteiger partial charge >= 0.3 is 5.97 Å². The van der Waals surface area contributed by atoms with Crippen molar-refractivity contribution in [3.8, 4) is 0 Å². The van der Waals surface area contributed by atoms with Gasteiger partial charge in [-0.15, -0.1) is 0 Å². The molecule has 1 rings (SSSR count). The molecule has 0 bridgehead atoms. The first-order valence-corrected chi connectivity index (χ1v) is 8.14. The first kappa shape index (κ1) is 16.9. The average Bonchev–Trinajstić information content (AvgIpc) is 2.34. The van der Waals surface area contributed by atoms with E-state index in [9.17, 15) is 23.1 Å². The van der Waals surface area contributed by atoms with Gasteiger partial charge in [0.05, 0.1) is 18.3 Å². The summed E-state index contributed by atoms with van der Waals surface area (Å²) >= 11 is 0. The summed E-state index contributed by atoms with van der Waals surface area (Å²) in [5.74, 6) is -2.48. The molecule has 1 heterocycles. The van der Waals surface area contributed by atoms with E-state index in [1.165, 1.54) is 11.2 Å². The summed E-state index contributed by atoms with van der Waals surface area (Å²) in [6.07, 6.45) is 0.871. The van der Waals surface area contributed by atoms with E-state index in [-0.39, 0.29) is 6.54 Å².